The van der Waals surface area contributed by atoms with Gasteiger partial charge in [0.15, 0.2) is 0 Å². The van der Waals surface area contributed by atoms with Crippen LogP contribution in [0.25, 0.3) is 11.0 Å². The van der Waals surface area contributed by atoms with Crippen LogP contribution in [0.1, 0.15) is 45.0 Å². The molecule has 0 amide bonds. The fraction of sp³-hybridized carbons (Fsp3) is 0.348. The highest BCUT2D eigenvalue weighted by atomic mass is 35.5. The van der Waals surface area contributed by atoms with E-state index in [-0.39, 0.29) is 16.5 Å². The quantitative estimate of drug-likeness (QED) is 0.208. The number of nitro benzene ring substituents is 1. The lowest BCUT2D eigenvalue weighted by Crippen LogP contribution is -2.48. The van der Waals surface area contributed by atoms with Gasteiger partial charge in [-0.2, -0.15) is 0 Å². The summed E-state index contributed by atoms with van der Waals surface area (Å²) in [6.45, 7) is 6.15. The molecule has 2 aromatic carbocycles. The lowest BCUT2D eigenvalue weighted by molar-refractivity contribution is -0.384. The number of hydrogen-bond acceptors (Lipinski definition) is 6. The van der Waals surface area contributed by atoms with Gasteiger partial charge < -0.3 is 4.74 Å². The minimum Gasteiger partial charge on any atom is -0.424 e. The van der Waals surface area contributed by atoms with E-state index < -0.39 is 27.1 Å². The number of esters is 1. The molecule has 164 valence electrons. The number of fused-ring (bicyclic) bond motifs is 6. The van der Waals surface area contributed by atoms with E-state index in [1.807, 2.05) is 13.8 Å². The predicted octanol–water partition coefficient (Wildman–Crippen LogP) is 5.78. The van der Waals surface area contributed by atoms with Crippen molar-refractivity contribution in [1.82, 2.24) is 9.97 Å². The topological polar surface area (TPSA) is 95.2 Å². The van der Waals surface area contributed by atoms with Gasteiger partial charge in [0, 0.05) is 22.6 Å². The number of carbonyl (C=O) groups excluding carboxylic acids is 1. The van der Waals surface area contributed by atoms with Crippen LogP contribution in [0.5, 0.6) is 5.75 Å². The second-order valence-corrected chi connectivity index (χ2v) is 10.0. The zero-order chi connectivity index (χ0) is 23.1. The highest BCUT2D eigenvalue weighted by Crippen LogP contribution is 2.70. The summed E-state index contributed by atoms with van der Waals surface area (Å²) >= 11 is 12.2. The summed E-state index contributed by atoms with van der Waals surface area (Å²) in [5.41, 5.74) is 0.102. The number of nitro groups is 1. The van der Waals surface area contributed by atoms with Crippen LogP contribution in [0.4, 0.5) is 5.69 Å². The highest BCUT2D eigenvalue weighted by molar-refractivity contribution is 6.35. The fourth-order valence-corrected chi connectivity index (χ4v) is 5.85. The molecule has 0 aliphatic heterocycles. The van der Waals surface area contributed by atoms with Crippen LogP contribution in [0.15, 0.2) is 36.4 Å². The third-order valence-electron chi connectivity index (χ3n) is 7.68. The summed E-state index contributed by atoms with van der Waals surface area (Å²) < 4.78 is 5.81. The molecular formula is C23H19Cl2N3O4. The van der Waals surface area contributed by atoms with E-state index in [4.69, 9.17) is 37.9 Å². The van der Waals surface area contributed by atoms with Crippen LogP contribution in [-0.2, 0) is 15.6 Å². The summed E-state index contributed by atoms with van der Waals surface area (Å²) in [5, 5.41) is 11.9. The molecular weight excluding hydrogens is 453 g/mol. The second kappa shape index (κ2) is 6.62. The summed E-state index contributed by atoms with van der Waals surface area (Å²) in [5.74, 6) is -0.244. The summed E-state index contributed by atoms with van der Waals surface area (Å²) in [4.78, 5) is 34.2. The average Bonchev–Trinajstić information content (AvgIpc) is 3.03. The van der Waals surface area contributed by atoms with Gasteiger partial charge in [0.05, 0.1) is 32.4 Å². The first kappa shape index (κ1) is 21.1. The number of benzene rings is 2. The Balaban J connectivity index is 1.70. The monoisotopic (exact) mass is 471 g/mol. The van der Waals surface area contributed by atoms with Crippen LogP contribution < -0.4 is 4.74 Å². The maximum absolute atomic E-state index is 13.8. The first-order valence-corrected chi connectivity index (χ1v) is 10.9. The van der Waals surface area contributed by atoms with Gasteiger partial charge in [-0.05, 0) is 42.5 Å². The molecule has 1 fully saturated rings. The molecule has 5 rings (SSSR count). The molecule has 1 aromatic heterocycles. The zero-order valence-corrected chi connectivity index (χ0v) is 19.1. The molecule has 32 heavy (non-hydrogen) atoms. The van der Waals surface area contributed by atoms with Crippen LogP contribution in [0, 0.1) is 15.5 Å². The maximum Gasteiger partial charge on any atom is 0.324 e. The van der Waals surface area contributed by atoms with Crippen molar-refractivity contribution < 1.29 is 14.5 Å². The molecule has 0 N–H and O–H groups in total. The van der Waals surface area contributed by atoms with Gasteiger partial charge in [0.2, 0.25) is 0 Å². The molecule has 0 radical (unpaired) electrons. The maximum atomic E-state index is 13.8. The van der Waals surface area contributed by atoms with Crippen LogP contribution >= 0.6 is 23.2 Å². The Kier molecular flexibility index (Phi) is 4.36. The van der Waals surface area contributed by atoms with Crippen molar-refractivity contribution in [2.24, 2.45) is 5.41 Å². The standard InChI is InChI=1S/C23H19Cl2N3O4/c1-21(2)22(3)8-9-23(21,20(29)32-17-7-4-12(24)10-14(17)25)19-18(22)26-15-6-5-13(28(30)31)11-16(15)27-19/h4-7,10-11H,8-9H2,1-3H3. The SMILES string of the molecule is CC12CCC(C(=O)Oc3ccc(Cl)cc3Cl)(c3nc4cc([N+](=O)[O-])ccc4nc31)C2(C)C. The van der Waals surface area contributed by atoms with E-state index in [1.165, 1.54) is 18.2 Å². The molecule has 0 saturated heterocycles. The first-order valence-electron chi connectivity index (χ1n) is 10.2. The summed E-state index contributed by atoms with van der Waals surface area (Å²) in [6.07, 6.45) is 1.27. The Labute approximate surface area is 193 Å². The van der Waals surface area contributed by atoms with Crippen LogP contribution in [0.2, 0.25) is 10.0 Å². The van der Waals surface area contributed by atoms with Crippen molar-refractivity contribution >= 4 is 45.9 Å². The van der Waals surface area contributed by atoms with Gasteiger partial charge in [-0.15, -0.1) is 0 Å². The van der Waals surface area contributed by atoms with Crippen molar-refractivity contribution in [3.63, 3.8) is 0 Å². The van der Waals surface area contributed by atoms with Gasteiger partial charge in [0.1, 0.15) is 11.2 Å². The molecule has 3 aromatic rings. The summed E-state index contributed by atoms with van der Waals surface area (Å²) in [6, 6.07) is 9.08. The Morgan fingerprint density at radius 2 is 1.75 bits per heavy atom. The number of halogens is 2. The van der Waals surface area contributed by atoms with Gasteiger partial charge in [0.25, 0.3) is 5.69 Å². The second-order valence-electron chi connectivity index (χ2n) is 9.18. The smallest absolute Gasteiger partial charge is 0.324 e. The Morgan fingerprint density at radius 1 is 1.03 bits per heavy atom. The molecule has 0 spiro atoms. The molecule has 9 heteroatoms. The minimum atomic E-state index is -1.06. The molecule has 2 unspecified atom stereocenters. The normalized spacial score (nSPS) is 25.0. The van der Waals surface area contributed by atoms with Gasteiger partial charge in [-0.25, -0.2) is 9.97 Å². The molecule has 2 bridgehead atoms. The Morgan fingerprint density at radius 3 is 2.44 bits per heavy atom. The van der Waals surface area contributed by atoms with E-state index in [0.29, 0.717) is 28.2 Å². The van der Waals surface area contributed by atoms with Gasteiger partial charge in [-0.1, -0.05) is 44.0 Å². The van der Waals surface area contributed by atoms with E-state index in [0.717, 1.165) is 12.1 Å². The molecule has 2 atom stereocenters. The number of hydrogen-bond donors (Lipinski definition) is 0. The number of rotatable bonds is 3. The third kappa shape index (κ3) is 2.52. The lowest BCUT2D eigenvalue weighted by Gasteiger charge is -2.38. The number of non-ortho nitro benzene ring substituents is 1. The van der Waals surface area contributed by atoms with E-state index >= 15 is 0 Å². The van der Waals surface area contributed by atoms with Crippen LogP contribution in [-0.4, -0.2) is 20.9 Å². The van der Waals surface area contributed by atoms with Crippen molar-refractivity contribution in [2.75, 3.05) is 0 Å². The van der Waals surface area contributed by atoms with E-state index in [2.05, 4.69) is 6.92 Å². The average molecular weight is 472 g/mol. The van der Waals surface area contributed by atoms with E-state index in [1.54, 1.807) is 18.2 Å². The number of nitrogens with zero attached hydrogens (tertiary/aromatic N) is 3. The molecule has 1 saturated carbocycles. The molecule has 7 nitrogen and oxygen atoms in total. The summed E-state index contributed by atoms with van der Waals surface area (Å²) in [7, 11) is 0. The first-order chi connectivity index (χ1) is 15.0. The van der Waals surface area contributed by atoms with Crippen molar-refractivity contribution in [1.29, 1.82) is 0 Å². The number of carbonyl (C=O) groups is 1. The molecule has 1 heterocycles. The fourth-order valence-electron chi connectivity index (χ4n) is 5.40. The predicted molar refractivity (Wildman–Crippen MR) is 120 cm³/mol. The van der Waals surface area contributed by atoms with Crippen molar-refractivity contribution in [3.05, 3.63) is 67.9 Å². The Hall–Kier alpha value is -2.77. The number of aromatic nitrogens is 2. The zero-order valence-electron chi connectivity index (χ0n) is 17.6. The largest absolute Gasteiger partial charge is 0.424 e. The van der Waals surface area contributed by atoms with Crippen molar-refractivity contribution in [3.8, 4) is 5.75 Å². The van der Waals surface area contributed by atoms with E-state index in [9.17, 15) is 14.9 Å². The number of ether oxygens (including phenoxy) is 1. The van der Waals surface area contributed by atoms with Crippen LogP contribution in [0.3, 0.4) is 0 Å². The Bertz CT molecular complexity index is 1340. The third-order valence-corrected chi connectivity index (χ3v) is 8.21. The van der Waals surface area contributed by atoms with Gasteiger partial charge in [-0.3, -0.25) is 14.9 Å². The van der Waals surface area contributed by atoms with Gasteiger partial charge >= 0.3 is 5.97 Å². The molecule has 2 aliphatic carbocycles. The highest BCUT2D eigenvalue weighted by Gasteiger charge is 2.74. The lowest BCUT2D eigenvalue weighted by atomic mass is 9.64. The minimum absolute atomic E-state index is 0.0787. The molecule has 2 aliphatic rings. The van der Waals surface area contributed by atoms with Crippen molar-refractivity contribution in [2.45, 2.75) is 44.4 Å².